The van der Waals surface area contributed by atoms with Crippen molar-refractivity contribution >= 4 is 46.7 Å². The number of esters is 2. The van der Waals surface area contributed by atoms with Gasteiger partial charge in [-0.25, -0.2) is 0 Å². The van der Waals surface area contributed by atoms with E-state index in [2.05, 4.69) is 10.6 Å². The minimum absolute atomic E-state index is 0.0841. The van der Waals surface area contributed by atoms with E-state index in [0.29, 0.717) is 0 Å². The minimum Gasteiger partial charge on any atom is -0.468 e. The molecule has 0 unspecified atom stereocenters. The molecule has 42 heavy (non-hydrogen) atoms. The van der Waals surface area contributed by atoms with Crippen molar-refractivity contribution in [2.75, 3.05) is 24.9 Å². The van der Waals surface area contributed by atoms with Crippen molar-refractivity contribution in [3.8, 4) is 0 Å². The number of nitrogens with one attached hydrogen (secondary N) is 2. The Morgan fingerprint density at radius 3 is 1.29 bits per heavy atom. The number of hydrogen-bond donors (Lipinski definition) is 4. The number of ether oxygens (including phenoxy) is 2. The van der Waals surface area contributed by atoms with Crippen molar-refractivity contribution in [3.05, 3.63) is 58.7 Å². The van der Waals surface area contributed by atoms with Crippen LogP contribution in [0.5, 0.6) is 0 Å². The van der Waals surface area contributed by atoms with E-state index < -0.39 is 58.2 Å². The van der Waals surface area contributed by atoms with Crippen LogP contribution in [0.4, 0.5) is 11.4 Å². The van der Waals surface area contributed by atoms with E-state index in [4.69, 9.17) is 20.9 Å². The van der Waals surface area contributed by atoms with Crippen molar-refractivity contribution in [2.45, 2.75) is 51.6 Å². The third-order valence-electron chi connectivity index (χ3n) is 7.68. The highest BCUT2D eigenvalue weighted by Crippen LogP contribution is 2.32. The average molecular weight is 581 g/mol. The summed E-state index contributed by atoms with van der Waals surface area (Å²) in [4.78, 5) is 76.6. The van der Waals surface area contributed by atoms with Crippen LogP contribution in [0.1, 0.15) is 72.4 Å². The van der Waals surface area contributed by atoms with E-state index >= 15 is 0 Å². The van der Waals surface area contributed by atoms with E-state index in [9.17, 15) is 28.8 Å². The molecule has 0 aliphatic heterocycles. The number of methoxy groups -OCH3 is 2. The number of hydrogen-bond acceptors (Lipinski definition) is 10. The molecule has 0 heterocycles. The summed E-state index contributed by atoms with van der Waals surface area (Å²) in [7, 11) is 2.38. The van der Waals surface area contributed by atoms with E-state index in [1.54, 1.807) is 27.7 Å². The van der Waals surface area contributed by atoms with Crippen molar-refractivity contribution in [3.63, 3.8) is 0 Å². The zero-order valence-electron chi connectivity index (χ0n) is 24.5. The lowest BCUT2D eigenvalue weighted by atomic mass is 9.83. The van der Waals surface area contributed by atoms with Crippen LogP contribution in [-0.4, -0.2) is 60.6 Å². The zero-order chi connectivity index (χ0) is 31.6. The molecule has 0 fully saturated rings. The maximum absolute atomic E-state index is 13.3. The van der Waals surface area contributed by atoms with E-state index in [-0.39, 0.29) is 46.5 Å². The predicted octanol–water partition coefficient (Wildman–Crippen LogP) is 2.17. The van der Waals surface area contributed by atoms with Crippen LogP contribution in [-0.2, 0) is 28.7 Å². The van der Waals surface area contributed by atoms with Crippen molar-refractivity contribution in [2.24, 2.45) is 23.3 Å². The molecule has 0 bridgehead atoms. The second-order valence-corrected chi connectivity index (χ2v) is 11.0. The summed E-state index contributed by atoms with van der Waals surface area (Å²) in [5.41, 5.74) is 10.1. The summed E-state index contributed by atoms with van der Waals surface area (Å²) in [6.07, 6.45) is -0.721. The van der Waals surface area contributed by atoms with Gasteiger partial charge in [0.1, 0.15) is 11.1 Å². The van der Waals surface area contributed by atoms with Gasteiger partial charge in [0, 0.05) is 33.6 Å². The summed E-state index contributed by atoms with van der Waals surface area (Å²) in [6, 6.07) is 8.53. The Labute approximate surface area is 243 Å². The van der Waals surface area contributed by atoms with Crippen LogP contribution in [0.3, 0.4) is 0 Å². The lowest BCUT2D eigenvalue weighted by Crippen LogP contribution is -2.55. The molecular weight excluding hydrogens is 544 g/mol. The fraction of sp³-hybridized carbons (Fsp3) is 0.400. The van der Waals surface area contributed by atoms with Crippen molar-refractivity contribution in [1.82, 2.24) is 0 Å². The predicted molar refractivity (Wildman–Crippen MR) is 154 cm³/mol. The number of fused-ring (bicyclic) bond motifs is 2. The lowest BCUT2D eigenvalue weighted by molar-refractivity contribution is -0.151. The SMILES string of the molecule is COC(=O)[C@@](N)(CC(=O)Nc1ccc2c(c1)C(=O)c1ccc(NC(=O)C[C@](N)(C(=O)OC)C(C)C)cc1C2=O)C(C)C. The molecule has 0 aromatic heterocycles. The number of ketones is 2. The summed E-state index contributed by atoms with van der Waals surface area (Å²) in [6.45, 7) is 6.78. The summed E-state index contributed by atoms with van der Waals surface area (Å²) in [5.74, 6) is -4.30. The summed E-state index contributed by atoms with van der Waals surface area (Å²) in [5, 5.41) is 5.26. The Balaban J connectivity index is 1.81. The monoisotopic (exact) mass is 580 g/mol. The Morgan fingerprint density at radius 2 is 1.00 bits per heavy atom. The molecule has 0 spiro atoms. The molecule has 6 N–H and O–H groups in total. The van der Waals surface area contributed by atoms with Gasteiger partial charge in [-0.05, 0) is 48.2 Å². The number of carbonyl (C=O) groups excluding carboxylic acids is 6. The standard InChI is InChI=1S/C30H36N4O8/c1-15(2)29(31,27(39)41-5)13-23(35)33-17-7-9-19-21(11-17)25(37)20-10-8-18(12-22(20)26(19)38)34-24(36)14-30(32,16(3)4)28(40)42-6/h7-12,15-16H,13-14,31-32H2,1-6H3,(H,33,35)(H,34,36)/t29-,30-/m1/s1. The van der Waals surface area contributed by atoms with Gasteiger partial charge >= 0.3 is 11.9 Å². The van der Waals surface area contributed by atoms with Crippen LogP contribution in [0.25, 0.3) is 0 Å². The van der Waals surface area contributed by atoms with Gasteiger partial charge in [-0.15, -0.1) is 0 Å². The van der Waals surface area contributed by atoms with Gasteiger partial charge in [-0.1, -0.05) is 27.7 Å². The Bertz CT molecular complexity index is 1360. The fourth-order valence-electron chi connectivity index (χ4n) is 4.65. The topological polar surface area (TPSA) is 197 Å². The number of benzene rings is 2. The molecule has 2 aromatic rings. The van der Waals surface area contributed by atoms with Gasteiger partial charge in [0.05, 0.1) is 27.1 Å². The molecule has 12 heteroatoms. The van der Waals surface area contributed by atoms with E-state index in [1.807, 2.05) is 0 Å². The lowest BCUT2D eigenvalue weighted by Gasteiger charge is -2.30. The Hall–Kier alpha value is -4.42. The van der Waals surface area contributed by atoms with Crippen molar-refractivity contribution in [1.29, 1.82) is 0 Å². The molecule has 12 nitrogen and oxygen atoms in total. The summed E-state index contributed by atoms with van der Waals surface area (Å²) < 4.78 is 9.52. The Morgan fingerprint density at radius 1 is 0.667 bits per heavy atom. The molecule has 0 saturated heterocycles. The quantitative estimate of drug-likeness (QED) is 0.258. The number of nitrogens with two attached hydrogens (primary N) is 2. The van der Waals surface area contributed by atoms with Gasteiger partial charge in [-0.3, -0.25) is 28.8 Å². The number of amides is 2. The molecule has 1 aliphatic rings. The molecular formula is C30H36N4O8. The maximum atomic E-state index is 13.3. The van der Waals surface area contributed by atoms with Gasteiger partial charge in [-0.2, -0.15) is 0 Å². The second-order valence-electron chi connectivity index (χ2n) is 11.0. The first-order chi connectivity index (χ1) is 19.6. The highest BCUT2D eigenvalue weighted by Gasteiger charge is 2.42. The molecule has 2 atom stereocenters. The van der Waals surface area contributed by atoms with Crippen molar-refractivity contribution < 1.29 is 38.2 Å². The first-order valence-corrected chi connectivity index (χ1v) is 13.3. The number of carbonyl (C=O) groups is 6. The van der Waals surface area contributed by atoms with Crippen LogP contribution in [0, 0.1) is 11.8 Å². The van der Waals surface area contributed by atoms with E-state index in [1.165, 1.54) is 50.6 Å². The van der Waals surface area contributed by atoms with E-state index in [0.717, 1.165) is 0 Å². The van der Waals surface area contributed by atoms with Gasteiger partial charge in [0.15, 0.2) is 11.6 Å². The third-order valence-corrected chi connectivity index (χ3v) is 7.68. The van der Waals surface area contributed by atoms with Crippen LogP contribution in [0.2, 0.25) is 0 Å². The van der Waals surface area contributed by atoms with Crippen LogP contribution in [0.15, 0.2) is 36.4 Å². The maximum Gasteiger partial charge on any atom is 0.326 e. The highest BCUT2D eigenvalue weighted by molar-refractivity contribution is 6.29. The second kappa shape index (κ2) is 12.2. The fourth-order valence-corrected chi connectivity index (χ4v) is 4.65. The van der Waals surface area contributed by atoms with Gasteiger partial charge in [0.2, 0.25) is 11.8 Å². The first kappa shape index (κ1) is 32.1. The molecule has 2 amide bonds. The van der Waals surface area contributed by atoms with Gasteiger partial charge in [0.25, 0.3) is 0 Å². The molecule has 224 valence electrons. The summed E-state index contributed by atoms with van der Waals surface area (Å²) >= 11 is 0. The zero-order valence-corrected chi connectivity index (χ0v) is 24.5. The Kier molecular flexibility index (Phi) is 9.33. The average Bonchev–Trinajstić information content (AvgIpc) is 2.94. The molecule has 0 radical (unpaired) electrons. The molecule has 3 rings (SSSR count). The van der Waals surface area contributed by atoms with Crippen LogP contribution >= 0.6 is 0 Å². The van der Waals surface area contributed by atoms with Gasteiger partial charge < -0.3 is 31.6 Å². The highest BCUT2D eigenvalue weighted by atomic mass is 16.5. The van der Waals surface area contributed by atoms with Crippen LogP contribution < -0.4 is 22.1 Å². The largest absolute Gasteiger partial charge is 0.468 e. The normalized spacial score (nSPS) is 15.2. The smallest absolute Gasteiger partial charge is 0.326 e. The third kappa shape index (κ3) is 6.09. The molecule has 1 aliphatic carbocycles. The minimum atomic E-state index is -1.55. The molecule has 2 aromatic carbocycles. The first-order valence-electron chi connectivity index (χ1n) is 13.3. The molecule has 0 saturated carbocycles. The number of rotatable bonds is 10. The number of anilines is 2.